The van der Waals surface area contributed by atoms with Gasteiger partial charge in [0.05, 0.1) is 10.7 Å². The fourth-order valence-corrected chi connectivity index (χ4v) is 3.95. The van der Waals surface area contributed by atoms with Gasteiger partial charge >= 0.3 is 5.69 Å². The highest BCUT2D eigenvalue weighted by Crippen LogP contribution is 2.27. The molecule has 0 fully saturated rings. The van der Waals surface area contributed by atoms with E-state index in [2.05, 4.69) is 20.4 Å². The first-order chi connectivity index (χ1) is 16.2. The zero-order chi connectivity index (χ0) is 24.6. The zero-order valence-electron chi connectivity index (χ0n) is 18.1. The number of rotatable bonds is 6. The molecule has 0 spiro atoms. The number of carbonyl (C=O) groups excluding carboxylic acids is 1. The topological polar surface area (TPSA) is 168 Å². The number of amides is 1. The number of benzene rings is 1. The van der Waals surface area contributed by atoms with Crippen molar-refractivity contribution in [3.63, 3.8) is 0 Å². The van der Waals surface area contributed by atoms with Crippen LogP contribution in [0.15, 0.2) is 49.5 Å². The van der Waals surface area contributed by atoms with Crippen molar-refractivity contribution >= 4 is 40.2 Å². The maximum absolute atomic E-state index is 12.9. The Kier molecular flexibility index (Phi) is 5.98. The minimum Gasteiger partial charge on any atom is -0.360 e. The lowest BCUT2D eigenvalue weighted by Gasteiger charge is -2.12. The van der Waals surface area contributed by atoms with Crippen LogP contribution in [0.2, 0.25) is 0 Å². The van der Waals surface area contributed by atoms with E-state index in [0.29, 0.717) is 11.3 Å². The SMILES string of the molecule is Cc1cc(NC(=O)CSc2nc(-c3ccc([N+](=O)[O-])cc3)nc3c2c(=O)n(C)c(=O)n3C)no1. The molecule has 34 heavy (non-hydrogen) atoms. The van der Waals surface area contributed by atoms with E-state index >= 15 is 0 Å². The highest BCUT2D eigenvalue weighted by atomic mass is 32.2. The van der Waals surface area contributed by atoms with Crippen molar-refractivity contribution in [3.8, 4) is 11.4 Å². The summed E-state index contributed by atoms with van der Waals surface area (Å²) in [6.07, 6.45) is 0. The number of hydrogen-bond acceptors (Lipinski definition) is 10. The molecule has 0 saturated heterocycles. The highest BCUT2D eigenvalue weighted by Gasteiger charge is 2.20. The van der Waals surface area contributed by atoms with Gasteiger partial charge in [0.15, 0.2) is 17.3 Å². The van der Waals surface area contributed by atoms with Gasteiger partial charge in [-0.1, -0.05) is 16.9 Å². The van der Waals surface area contributed by atoms with Crippen molar-refractivity contribution in [1.29, 1.82) is 0 Å². The van der Waals surface area contributed by atoms with E-state index in [4.69, 9.17) is 4.52 Å². The number of nitrogens with zero attached hydrogens (tertiary/aromatic N) is 6. The average molecular weight is 483 g/mol. The molecule has 0 bridgehead atoms. The van der Waals surface area contributed by atoms with E-state index < -0.39 is 22.1 Å². The highest BCUT2D eigenvalue weighted by molar-refractivity contribution is 8.00. The van der Waals surface area contributed by atoms with E-state index in [9.17, 15) is 24.5 Å². The fraction of sp³-hybridized carbons (Fsp3) is 0.200. The molecule has 14 heteroatoms. The van der Waals surface area contributed by atoms with Gasteiger partial charge in [0.25, 0.3) is 11.2 Å². The van der Waals surface area contributed by atoms with Gasteiger partial charge in [-0.3, -0.25) is 28.8 Å². The largest absolute Gasteiger partial charge is 0.360 e. The second-order valence-electron chi connectivity index (χ2n) is 7.22. The van der Waals surface area contributed by atoms with Crippen molar-refractivity contribution < 1.29 is 14.2 Å². The molecule has 4 aromatic rings. The van der Waals surface area contributed by atoms with E-state index in [1.165, 1.54) is 42.9 Å². The van der Waals surface area contributed by atoms with Crippen LogP contribution in [0.5, 0.6) is 0 Å². The van der Waals surface area contributed by atoms with Crippen LogP contribution in [-0.2, 0) is 18.9 Å². The molecule has 0 atom stereocenters. The normalized spacial score (nSPS) is 11.0. The van der Waals surface area contributed by atoms with Crippen molar-refractivity contribution in [2.45, 2.75) is 11.9 Å². The second kappa shape index (κ2) is 8.90. The fourth-order valence-electron chi connectivity index (χ4n) is 3.13. The van der Waals surface area contributed by atoms with Crippen LogP contribution in [0.3, 0.4) is 0 Å². The Morgan fingerprint density at radius 1 is 1.18 bits per heavy atom. The van der Waals surface area contributed by atoms with E-state index in [1.54, 1.807) is 13.0 Å². The molecule has 1 aromatic carbocycles. The smallest absolute Gasteiger partial charge is 0.332 e. The summed E-state index contributed by atoms with van der Waals surface area (Å²) in [6, 6.07) is 7.08. The molecular weight excluding hydrogens is 466 g/mol. The number of nitrogens with one attached hydrogen (secondary N) is 1. The number of aryl methyl sites for hydroxylation is 2. The molecule has 0 unspecified atom stereocenters. The molecule has 0 radical (unpaired) electrons. The number of carbonyl (C=O) groups is 1. The Morgan fingerprint density at radius 3 is 2.50 bits per heavy atom. The van der Waals surface area contributed by atoms with Crippen LogP contribution in [0, 0.1) is 17.0 Å². The van der Waals surface area contributed by atoms with Crippen LogP contribution in [0.4, 0.5) is 11.5 Å². The molecule has 0 aliphatic heterocycles. The Hall–Kier alpha value is -4.33. The van der Waals surface area contributed by atoms with Crippen molar-refractivity contribution in [3.05, 3.63) is 67.0 Å². The van der Waals surface area contributed by atoms with Gasteiger partial charge in [-0.2, -0.15) is 0 Å². The lowest BCUT2D eigenvalue weighted by Crippen LogP contribution is -2.37. The monoisotopic (exact) mass is 483 g/mol. The van der Waals surface area contributed by atoms with Gasteiger partial charge in [0.1, 0.15) is 16.2 Å². The molecule has 1 amide bonds. The number of anilines is 1. The second-order valence-corrected chi connectivity index (χ2v) is 8.18. The molecule has 3 heterocycles. The number of fused-ring (bicyclic) bond motifs is 1. The quantitative estimate of drug-likeness (QED) is 0.184. The van der Waals surface area contributed by atoms with Crippen LogP contribution in [0.1, 0.15) is 5.76 Å². The molecule has 0 saturated carbocycles. The lowest BCUT2D eigenvalue weighted by molar-refractivity contribution is -0.384. The molecule has 1 N–H and O–H groups in total. The molecular formula is C20H17N7O6S. The predicted octanol–water partition coefficient (Wildman–Crippen LogP) is 1.63. The number of non-ortho nitro benzene ring substituents is 1. The van der Waals surface area contributed by atoms with E-state index in [0.717, 1.165) is 16.3 Å². The Labute approximate surface area is 194 Å². The summed E-state index contributed by atoms with van der Waals surface area (Å²) in [4.78, 5) is 57.0. The third-order valence-electron chi connectivity index (χ3n) is 4.84. The van der Waals surface area contributed by atoms with Gasteiger partial charge in [-0.25, -0.2) is 14.8 Å². The number of thioether (sulfide) groups is 1. The maximum Gasteiger partial charge on any atom is 0.332 e. The summed E-state index contributed by atoms with van der Waals surface area (Å²) in [7, 11) is 2.80. The van der Waals surface area contributed by atoms with Crippen LogP contribution >= 0.6 is 11.8 Å². The molecule has 0 aliphatic carbocycles. The summed E-state index contributed by atoms with van der Waals surface area (Å²) in [5.74, 6) is 0.385. The van der Waals surface area contributed by atoms with E-state index in [1.807, 2.05) is 0 Å². The maximum atomic E-state index is 12.9. The number of hydrogen-bond donors (Lipinski definition) is 1. The zero-order valence-corrected chi connectivity index (χ0v) is 19.0. The van der Waals surface area contributed by atoms with Crippen molar-refractivity contribution in [1.82, 2.24) is 24.3 Å². The average Bonchev–Trinajstić information content (AvgIpc) is 3.23. The van der Waals surface area contributed by atoms with Gasteiger partial charge < -0.3 is 9.84 Å². The molecule has 3 aromatic heterocycles. The Bertz CT molecular complexity index is 1550. The number of nitro groups is 1. The Balaban J connectivity index is 1.78. The number of nitro benzene ring substituents is 1. The minimum absolute atomic E-state index is 0.0744. The molecule has 0 aliphatic rings. The van der Waals surface area contributed by atoms with Gasteiger partial charge in [-0.15, -0.1) is 0 Å². The Morgan fingerprint density at radius 2 is 1.88 bits per heavy atom. The van der Waals surface area contributed by atoms with Crippen molar-refractivity contribution in [2.75, 3.05) is 11.1 Å². The summed E-state index contributed by atoms with van der Waals surface area (Å²) in [5.41, 5.74) is -0.791. The first-order valence-electron chi connectivity index (χ1n) is 9.74. The first-order valence-corrected chi connectivity index (χ1v) is 10.7. The lowest BCUT2D eigenvalue weighted by atomic mass is 10.2. The van der Waals surface area contributed by atoms with Crippen LogP contribution in [-0.4, -0.2) is 40.8 Å². The third kappa shape index (κ3) is 4.30. The van der Waals surface area contributed by atoms with Crippen LogP contribution < -0.4 is 16.6 Å². The van der Waals surface area contributed by atoms with Gasteiger partial charge in [0.2, 0.25) is 5.91 Å². The van der Waals surface area contributed by atoms with Crippen LogP contribution in [0.25, 0.3) is 22.4 Å². The summed E-state index contributed by atoms with van der Waals surface area (Å²) < 4.78 is 7.05. The summed E-state index contributed by atoms with van der Waals surface area (Å²) in [5, 5.41) is 17.5. The van der Waals surface area contributed by atoms with E-state index in [-0.39, 0.29) is 39.1 Å². The number of aromatic nitrogens is 5. The molecule has 13 nitrogen and oxygen atoms in total. The van der Waals surface area contributed by atoms with Crippen molar-refractivity contribution in [2.24, 2.45) is 14.1 Å². The van der Waals surface area contributed by atoms with Gasteiger partial charge in [-0.05, 0) is 19.1 Å². The third-order valence-corrected chi connectivity index (χ3v) is 5.81. The molecule has 4 rings (SSSR count). The predicted molar refractivity (Wildman–Crippen MR) is 123 cm³/mol. The summed E-state index contributed by atoms with van der Waals surface area (Å²) in [6.45, 7) is 1.68. The minimum atomic E-state index is -0.608. The molecule has 174 valence electrons. The standard InChI is InChI=1S/C20H17N7O6S/c1-10-8-13(24-33-10)21-14(28)9-34-18-15-17(25(2)20(30)26(3)19(15)29)22-16(23-18)11-4-6-12(7-5-11)27(31)32/h4-8H,9H2,1-3H3,(H,21,24,28). The van der Waals surface area contributed by atoms with Gasteiger partial charge in [0, 0.05) is 37.9 Å². The summed E-state index contributed by atoms with van der Waals surface area (Å²) >= 11 is 0.980. The first kappa shape index (κ1) is 22.8.